The molecule has 0 aromatic carbocycles. The molecule has 4 heteroatoms. The highest BCUT2D eigenvalue weighted by Gasteiger charge is 2.22. The maximum Gasteiger partial charge on any atom is 0.114 e. The van der Waals surface area contributed by atoms with Crippen molar-refractivity contribution in [2.45, 2.75) is 38.9 Å². The first-order valence-corrected chi connectivity index (χ1v) is 5.84. The summed E-state index contributed by atoms with van der Waals surface area (Å²) < 4.78 is 24.6. The normalized spacial score (nSPS) is 25.2. The Hall–Kier alpha value is -0.220. The topological polar surface area (TPSA) is 15.3 Å². The third kappa shape index (κ3) is 6.79. The van der Waals surface area contributed by atoms with Crippen LogP contribution in [0.5, 0.6) is 0 Å². The second kappa shape index (κ2) is 9.04. The molecule has 0 radical (unpaired) electrons. The molecule has 2 atom stereocenters. The summed E-state index contributed by atoms with van der Waals surface area (Å²) in [4.78, 5) is 1.94. The summed E-state index contributed by atoms with van der Waals surface area (Å²) >= 11 is 0. The third-order valence-corrected chi connectivity index (χ3v) is 2.49. The number of rotatable bonds is 5. The van der Waals surface area contributed by atoms with E-state index in [9.17, 15) is 8.78 Å². The van der Waals surface area contributed by atoms with E-state index in [1.54, 1.807) is 0 Å². The standard InChI is InChI=1S/C9H18F2N2.C2H6/c1-13(5-3-10)4-2-9-6-8(11)7-12-9;1-2/h8-9,12H,2-7H2,1H3;1-2H3. The van der Waals surface area contributed by atoms with E-state index in [1.807, 2.05) is 25.8 Å². The Balaban J connectivity index is 0.000000921. The lowest BCUT2D eigenvalue weighted by Gasteiger charge is -2.17. The number of nitrogens with zero attached hydrogens (tertiary/aromatic N) is 1. The Morgan fingerprint density at radius 2 is 2.00 bits per heavy atom. The molecule has 0 aromatic heterocycles. The summed E-state index contributed by atoms with van der Waals surface area (Å²) in [7, 11) is 1.89. The van der Waals surface area contributed by atoms with Gasteiger partial charge in [0.2, 0.25) is 0 Å². The lowest BCUT2D eigenvalue weighted by Crippen LogP contribution is -2.29. The Morgan fingerprint density at radius 1 is 1.33 bits per heavy atom. The molecular formula is C11H24F2N2. The minimum absolute atomic E-state index is 0.289. The predicted octanol–water partition coefficient (Wildman–Crippen LogP) is 2.00. The van der Waals surface area contributed by atoms with Crippen molar-refractivity contribution >= 4 is 0 Å². The van der Waals surface area contributed by atoms with Crippen LogP contribution in [-0.4, -0.2) is 50.5 Å². The fourth-order valence-electron chi connectivity index (χ4n) is 1.62. The Kier molecular flexibility index (Phi) is 8.91. The van der Waals surface area contributed by atoms with Gasteiger partial charge < -0.3 is 10.2 Å². The van der Waals surface area contributed by atoms with Crippen LogP contribution in [0.15, 0.2) is 0 Å². The van der Waals surface area contributed by atoms with Crippen LogP contribution in [0.1, 0.15) is 26.7 Å². The third-order valence-electron chi connectivity index (χ3n) is 2.49. The number of hydrogen-bond acceptors (Lipinski definition) is 2. The Labute approximate surface area is 92.0 Å². The first-order valence-electron chi connectivity index (χ1n) is 5.84. The fraction of sp³-hybridized carbons (Fsp3) is 1.00. The van der Waals surface area contributed by atoms with Crippen molar-refractivity contribution in [1.82, 2.24) is 10.2 Å². The van der Waals surface area contributed by atoms with Gasteiger partial charge in [-0.1, -0.05) is 13.8 Å². The molecule has 2 nitrogen and oxygen atoms in total. The van der Waals surface area contributed by atoms with Crippen molar-refractivity contribution < 1.29 is 8.78 Å². The molecule has 0 bridgehead atoms. The van der Waals surface area contributed by atoms with E-state index in [0.717, 1.165) is 13.0 Å². The van der Waals surface area contributed by atoms with Crippen LogP contribution in [0, 0.1) is 0 Å². The molecule has 1 heterocycles. The van der Waals surface area contributed by atoms with Crippen molar-refractivity contribution in [3.63, 3.8) is 0 Å². The largest absolute Gasteiger partial charge is 0.311 e. The van der Waals surface area contributed by atoms with Gasteiger partial charge in [0.15, 0.2) is 0 Å². The SMILES string of the molecule is CC.CN(CCF)CCC1CC(F)CN1. The maximum atomic E-state index is 12.7. The second-order valence-corrected chi connectivity index (χ2v) is 3.72. The van der Waals surface area contributed by atoms with Gasteiger partial charge in [0.25, 0.3) is 0 Å². The van der Waals surface area contributed by atoms with Crippen LogP contribution in [-0.2, 0) is 0 Å². The van der Waals surface area contributed by atoms with Crippen molar-refractivity contribution in [2.75, 3.05) is 33.4 Å². The van der Waals surface area contributed by atoms with Gasteiger partial charge in [0.05, 0.1) is 0 Å². The van der Waals surface area contributed by atoms with Crippen LogP contribution < -0.4 is 5.32 Å². The number of hydrogen-bond donors (Lipinski definition) is 1. The summed E-state index contributed by atoms with van der Waals surface area (Å²) in [6.07, 6.45) is 0.844. The van der Waals surface area contributed by atoms with Crippen LogP contribution in [0.2, 0.25) is 0 Å². The average Bonchev–Trinajstić information content (AvgIpc) is 2.65. The van der Waals surface area contributed by atoms with Gasteiger partial charge >= 0.3 is 0 Å². The molecule has 1 aliphatic heterocycles. The highest BCUT2D eigenvalue weighted by atomic mass is 19.1. The molecule has 1 aliphatic rings. The predicted molar refractivity (Wildman–Crippen MR) is 60.7 cm³/mol. The van der Waals surface area contributed by atoms with Crippen LogP contribution in [0.3, 0.4) is 0 Å². The Bertz CT molecular complexity index is 145. The minimum atomic E-state index is -0.684. The molecule has 1 N–H and O–H groups in total. The molecule has 0 saturated carbocycles. The number of alkyl halides is 2. The van der Waals surface area contributed by atoms with Crippen molar-refractivity contribution in [3.05, 3.63) is 0 Å². The molecule has 2 unspecified atom stereocenters. The zero-order valence-electron chi connectivity index (χ0n) is 10.1. The quantitative estimate of drug-likeness (QED) is 0.765. The van der Waals surface area contributed by atoms with Gasteiger partial charge in [-0.05, 0) is 26.4 Å². The molecule has 0 aromatic rings. The van der Waals surface area contributed by atoms with E-state index >= 15 is 0 Å². The van der Waals surface area contributed by atoms with Gasteiger partial charge in [0, 0.05) is 19.1 Å². The number of halogens is 2. The molecule has 0 amide bonds. The molecule has 1 rings (SSSR count). The summed E-state index contributed by atoms with van der Waals surface area (Å²) in [6.45, 7) is 5.50. The lowest BCUT2D eigenvalue weighted by molar-refractivity contribution is 0.278. The smallest absolute Gasteiger partial charge is 0.114 e. The van der Waals surface area contributed by atoms with Gasteiger partial charge in [-0.3, -0.25) is 0 Å². The van der Waals surface area contributed by atoms with Crippen LogP contribution >= 0.6 is 0 Å². The van der Waals surface area contributed by atoms with E-state index < -0.39 is 6.17 Å². The van der Waals surface area contributed by atoms with Crippen LogP contribution in [0.25, 0.3) is 0 Å². The van der Waals surface area contributed by atoms with E-state index in [0.29, 0.717) is 19.5 Å². The van der Waals surface area contributed by atoms with Crippen molar-refractivity contribution in [1.29, 1.82) is 0 Å². The zero-order valence-corrected chi connectivity index (χ0v) is 10.1. The summed E-state index contributed by atoms with van der Waals surface area (Å²) in [5.74, 6) is 0. The molecule has 15 heavy (non-hydrogen) atoms. The zero-order chi connectivity index (χ0) is 11.7. The lowest BCUT2D eigenvalue weighted by atomic mass is 10.1. The first-order chi connectivity index (χ1) is 7.22. The molecule has 1 fully saturated rings. The van der Waals surface area contributed by atoms with E-state index in [1.165, 1.54) is 0 Å². The summed E-state index contributed by atoms with van der Waals surface area (Å²) in [6, 6.07) is 0.289. The highest BCUT2D eigenvalue weighted by molar-refractivity contribution is 4.81. The average molecular weight is 222 g/mol. The van der Waals surface area contributed by atoms with Gasteiger partial charge in [-0.15, -0.1) is 0 Å². The van der Waals surface area contributed by atoms with Crippen molar-refractivity contribution in [3.8, 4) is 0 Å². The molecule has 0 spiro atoms. The summed E-state index contributed by atoms with van der Waals surface area (Å²) in [5.41, 5.74) is 0. The second-order valence-electron chi connectivity index (χ2n) is 3.72. The highest BCUT2D eigenvalue weighted by Crippen LogP contribution is 2.12. The molecule has 0 aliphatic carbocycles. The van der Waals surface area contributed by atoms with E-state index in [-0.39, 0.29) is 12.7 Å². The molecular weight excluding hydrogens is 198 g/mol. The summed E-state index contributed by atoms with van der Waals surface area (Å²) in [5, 5.41) is 3.11. The molecule has 1 saturated heterocycles. The fourth-order valence-corrected chi connectivity index (χ4v) is 1.62. The van der Waals surface area contributed by atoms with Crippen molar-refractivity contribution in [2.24, 2.45) is 0 Å². The van der Waals surface area contributed by atoms with E-state index in [2.05, 4.69) is 5.32 Å². The monoisotopic (exact) mass is 222 g/mol. The minimum Gasteiger partial charge on any atom is -0.311 e. The first kappa shape index (κ1) is 14.8. The van der Waals surface area contributed by atoms with Gasteiger partial charge in [-0.2, -0.15) is 0 Å². The maximum absolute atomic E-state index is 12.7. The number of nitrogens with one attached hydrogen (secondary N) is 1. The Morgan fingerprint density at radius 3 is 2.47 bits per heavy atom. The van der Waals surface area contributed by atoms with Gasteiger partial charge in [-0.25, -0.2) is 8.78 Å². The van der Waals surface area contributed by atoms with E-state index in [4.69, 9.17) is 0 Å². The van der Waals surface area contributed by atoms with Gasteiger partial charge in [0.1, 0.15) is 12.8 Å². The molecule has 92 valence electrons. The van der Waals surface area contributed by atoms with Crippen LogP contribution in [0.4, 0.5) is 8.78 Å².